The third-order valence-corrected chi connectivity index (χ3v) is 2.51. The molecule has 1 aromatic carbocycles. The van der Waals surface area contributed by atoms with E-state index in [-0.39, 0.29) is 11.6 Å². The molecule has 0 aromatic heterocycles. The molecule has 6 heteroatoms. The SMILES string of the molecule is OCCCCNc1ccc(C(F)(F)F)cc1Cl. The normalized spacial score (nSPS) is 11.6. The molecule has 0 radical (unpaired) electrons. The Kier molecular flexibility index (Phi) is 5.08. The minimum absolute atomic E-state index is 0.0452. The molecular formula is C11H13ClF3NO. The molecule has 0 spiro atoms. The monoisotopic (exact) mass is 267 g/mol. The Labute approximate surface area is 102 Å². The van der Waals surface area contributed by atoms with Crippen molar-refractivity contribution < 1.29 is 18.3 Å². The minimum Gasteiger partial charge on any atom is -0.396 e. The van der Waals surface area contributed by atoms with Crippen LogP contribution in [0.3, 0.4) is 0 Å². The molecule has 96 valence electrons. The van der Waals surface area contributed by atoms with Crippen LogP contribution in [0.25, 0.3) is 0 Å². The molecular weight excluding hydrogens is 255 g/mol. The lowest BCUT2D eigenvalue weighted by Gasteiger charge is -2.11. The second-order valence-corrected chi connectivity index (χ2v) is 3.96. The lowest BCUT2D eigenvalue weighted by atomic mass is 10.2. The molecule has 2 N–H and O–H groups in total. The van der Waals surface area contributed by atoms with Crippen LogP contribution in [0.1, 0.15) is 18.4 Å². The molecule has 0 bridgehead atoms. The molecule has 2 nitrogen and oxygen atoms in total. The summed E-state index contributed by atoms with van der Waals surface area (Å²) in [5.74, 6) is 0. The second-order valence-electron chi connectivity index (χ2n) is 3.55. The van der Waals surface area contributed by atoms with Gasteiger partial charge in [0.25, 0.3) is 0 Å². The molecule has 0 aliphatic heterocycles. The van der Waals surface area contributed by atoms with Crippen LogP contribution in [0.15, 0.2) is 18.2 Å². The number of halogens is 4. The Balaban J connectivity index is 2.64. The number of aliphatic hydroxyl groups is 1. The first-order valence-electron chi connectivity index (χ1n) is 5.16. The van der Waals surface area contributed by atoms with Gasteiger partial charge in [-0.15, -0.1) is 0 Å². The van der Waals surface area contributed by atoms with Gasteiger partial charge in [-0.2, -0.15) is 13.2 Å². The van der Waals surface area contributed by atoms with Gasteiger partial charge in [0, 0.05) is 13.2 Å². The van der Waals surface area contributed by atoms with Gasteiger partial charge in [-0.3, -0.25) is 0 Å². The third kappa shape index (κ3) is 4.44. The van der Waals surface area contributed by atoms with Gasteiger partial charge in [0.2, 0.25) is 0 Å². The smallest absolute Gasteiger partial charge is 0.396 e. The molecule has 0 aliphatic carbocycles. The summed E-state index contributed by atoms with van der Waals surface area (Å²) in [7, 11) is 0. The topological polar surface area (TPSA) is 32.3 Å². The molecule has 1 aromatic rings. The average Bonchev–Trinajstić information content (AvgIpc) is 2.24. The van der Waals surface area contributed by atoms with Gasteiger partial charge in [0.1, 0.15) is 0 Å². The number of alkyl halides is 3. The summed E-state index contributed by atoms with van der Waals surface area (Å²) >= 11 is 5.74. The highest BCUT2D eigenvalue weighted by Gasteiger charge is 2.30. The zero-order valence-corrected chi connectivity index (χ0v) is 9.78. The van der Waals surface area contributed by atoms with E-state index in [1.165, 1.54) is 6.07 Å². The highest BCUT2D eigenvalue weighted by molar-refractivity contribution is 6.33. The maximum Gasteiger partial charge on any atom is 0.416 e. The molecule has 0 saturated heterocycles. The standard InChI is InChI=1S/C11H13ClF3NO/c12-9-7-8(11(13,14)15)3-4-10(9)16-5-1-2-6-17/h3-4,7,16-17H,1-2,5-6H2. The van der Waals surface area contributed by atoms with Gasteiger partial charge in [-0.25, -0.2) is 0 Å². The largest absolute Gasteiger partial charge is 0.416 e. The lowest BCUT2D eigenvalue weighted by molar-refractivity contribution is -0.137. The van der Waals surface area contributed by atoms with Crippen LogP contribution in [0.5, 0.6) is 0 Å². The van der Waals surface area contributed by atoms with E-state index in [4.69, 9.17) is 16.7 Å². The van der Waals surface area contributed by atoms with Gasteiger partial charge in [-0.05, 0) is 31.0 Å². The highest BCUT2D eigenvalue weighted by Crippen LogP contribution is 2.33. The van der Waals surface area contributed by atoms with Crippen LogP contribution in [0.4, 0.5) is 18.9 Å². The van der Waals surface area contributed by atoms with Crippen LogP contribution in [-0.4, -0.2) is 18.3 Å². The zero-order valence-electron chi connectivity index (χ0n) is 9.02. The molecule has 17 heavy (non-hydrogen) atoms. The predicted octanol–water partition coefficient (Wildman–Crippen LogP) is 3.54. The lowest BCUT2D eigenvalue weighted by Crippen LogP contribution is -2.07. The van der Waals surface area contributed by atoms with Crippen LogP contribution in [-0.2, 0) is 6.18 Å². The van der Waals surface area contributed by atoms with Crippen molar-refractivity contribution in [3.8, 4) is 0 Å². The number of rotatable bonds is 5. The molecule has 1 rings (SSSR count). The van der Waals surface area contributed by atoms with E-state index in [1.54, 1.807) is 0 Å². The number of aliphatic hydroxyl groups excluding tert-OH is 1. The van der Waals surface area contributed by atoms with E-state index >= 15 is 0 Å². The van der Waals surface area contributed by atoms with Crippen LogP contribution in [0.2, 0.25) is 5.02 Å². The minimum atomic E-state index is -4.38. The summed E-state index contributed by atoms with van der Waals surface area (Å²) in [4.78, 5) is 0. The summed E-state index contributed by atoms with van der Waals surface area (Å²) in [5.41, 5.74) is -0.291. The van der Waals surface area contributed by atoms with Gasteiger partial charge >= 0.3 is 6.18 Å². The summed E-state index contributed by atoms with van der Waals surface area (Å²) in [6.45, 7) is 0.661. The Bertz CT molecular complexity index is 368. The number of anilines is 1. The Morgan fingerprint density at radius 3 is 2.47 bits per heavy atom. The van der Waals surface area contributed by atoms with E-state index in [1.807, 2.05) is 0 Å². The zero-order chi connectivity index (χ0) is 12.9. The Morgan fingerprint density at radius 2 is 1.94 bits per heavy atom. The molecule has 0 aliphatic rings. The Hall–Kier alpha value is -0.940. The van der Waals surface area contributed by atoms with Crippen LogP contribution < -0.4 is 5.32 Å². The van der Waals surface area contributed by atoms with Crippen molar-refractivity contribution in [1.29, 1.82) is 0 Å². The van der Waals surface area contributed by atoms with Crippen molar-refractivity contribution in [2.24, 2.45) is 0 Å². The summed E-state index contributed by atoms with van der Waals surface area (Å²) in [6, 6.07) is 3.19. The van der Waals surface area contributed by atoms with E-state index in [0.717, 1.165) is 18.6 Å². The van der Waals surface area contributed by atoms with Crippen molar-refractivity contribution in [3.63, 3.8) is 0 Å². The fourth-order valence-electron chi connectivity index (χ4n) is 1.29. The maximum absolute atomic E-state index is 12.3. The summed E-state index contributed by atoms with van der Waals surface area (Å²) in [5, 5.41) is 11.5. The molecule has 0 heterocycles. The van der Waals surface area contributed by atoms with E-state index in [0.29, 0.717) is 18.7 Å². The Morgan fingerprint density at radius 1 is 1.24 bits per heavy atom. The van der Waals surface area contributed by atoms with Crippen LogP contribution in [0, 0.1) is 0 Å². The van der Waals surface area contributed by atoms with Gasteiger partial charge in [-0.1, -0.05) is 11.6 Å². The fraction of sp³-hybridized carbons (Fsp3) is 0.455. The third-order valence-electron chi connectivity index (χ3n) is 2.20. The number of benzene rings is 1. The fourth-order valence-corrected chi connectivity index (χ4v) is 1.54. The van der Waals surface area contributed by atoms with Crippen molar-refractivity contribution >= 4 is 17.3 Å². The van der Waals surface area contributed by atoms with E-state index in [2.05, 4.69) is 5.32 Å². The first-order chi connectivity index (χ1) is 7.95. The van der Waals surface area contributed by atoms with E-state index in [9.17, 15) is 13.2 Å². The quantitative estimate of drug-likeness (QED) is 0.800. The predicted molar refractivity (Wildman–Crippen MR) is 61.3 cm³/mol. The van der Waals surface area contributed by atoms with Crippen LogP contribution >= 0.6 is 11.6 Å². The number of unbranched alkanes of at least 4 members (excludes halogenated alkanes) is 1. The highest BCUT2D eigenvalue weighted by atomic mass is 35.5. The second kappa shape index (κ2) is 6.12. The van der Waals surface area contributed by atoms with Crippen molar-refractivity contribution in [1.82, 2.24) is 0 Å². The first kappa shape index (κ1) is 14.1. The van der Waals surface area contributed by atoms with Gasteiger partial charge in [0.15, 0.2) is 0 Å². The number of hydrogen-bond acceptors (Lipinski definition) is 2. The maximum atomic E-state index is 12.3. The average molecular weight is 268 g/mol. The first-order valence-corrected chi connectivity index (χ1v) is 5.54. The molecule has 0 fully saturated rings. The van der Waals surface area contributed by atoms with Gasteiger partial charge in [0.05, 0.1) is 16.3 Å². The molecule has 0 atom stereocenters. The van der Waals surface area contributed by atoms with Crippen molar-refractivity contribution in [2.75, 3.05) is 18.5 Å². The van der Waals surface area contributed by atoms with E-state index < -0.39 is 11.7 Å². The van der Waals surface area contributed by atoms with Gasteiger partial charge < -0.3 is 10.4 Å². The van der Waals surface area contributed by atoms with Crippen molar-refractivity contribution in [3.05, 3.63) is 28.8 Å². The molecule has 0 saturated carbocycles. The summed E-state index contributed by atoms with van der Waals surface area (Å²) in [6.07, 6.45) is -3.00. The molecule has 0 amide bonds. The summed E-state index contributed by atoms with van der Waals surface area (Å²) < 4.78 is 37.0. The molecule has 0 unspecified atom stereocenters. The number of hydrogen-bond donors (Lipinski definition) is 2. The van der Waals surface area contributed by atoms with Crippen molar-refractivity contribution in [2.45, 2.75) is 19.0 Å². The number of nitrogens with one attached hydrogen (secondary N) is 1.